The number of piperazine rings is 1. The first-order valence-electron chi connectivity index (χ1n) is 8.69. The number of anilines is 3. The van der Waals surface area contributed by atoms with Gasteiger partial charge in [0.1, 0.15) is 0 Å². The molecule has 1 saturated heterocycles. The number of nitrogens with zero attached hydrogens (tertiary/aromatic N) is 3. The molecule has 0 atom stereocenters. The molecule has 26 heavy (non-hydrogen) atoms. The molecule has 1 aromatic heterocycles. The van der Waals surface area contributed by atoms with Crippen LogP contribution >= 0.6 is 22.9 Å². The van der Waals surface area contributed by atoms with Gasteiger partial charge < -0.3 is 15.1 Å². The topological polar surface area (TPSA) is 31.4 Å². The average Bonchev–Trinajstić information content (AvgIpc) is 3.13. The van der Waals surface area contributed by atoms with Gasteiger partial charge in [0, 0.05) is 53.5 Å². The first-order valence-corrected chi connectivity index (χ1v) is 9.95. The third kappa shape index (κ3) is 4.01. The van der Waals surface area contributed by atoms with Crippen molar-refractivity contribution in [3.05, 3.63) is 58.9 Å². The van der Waals surface area contributed by atoms with E-state index in [1.54, 1.807) is 11.3 Å². The number of likely N-dealkylation sites (N-methyl/N-ethyl adjacent to an activating group) is 1. The van der Waals surface area contributed by atoms with Crippen molar-refractivity contribution in [2.75, 3.05) is 43.4 Å². The molecule has 4 nitrogen and oxygen atoms in total. The Bertz CT molecular complexity index is 852. The molecule has 1 fully saturated rings. The summed E-state index contributed by atoms with van der Waals surface area (Å²) < 4.78 is 0. The van der Waals surface area contributed by atoms with Crippen LogP contribution in [-0.4, -0.2) is 43.1 Å². The van der Waals surface area contributed by atoms with Crippen LogP contribution in [0.2, 0.25) is 5.02 Å². The Hall–Kier alpha value is -2.08. The van der Waals surface area contributed by atoms with Gasteiger partial charge in [0.2, 0.25) is 0 Å². The summed E-state index contributed by atoms with van der Waals surface area (Å²) >= 11 is 7.53. The van der Waals surface area contributed by atoms with Crippen molar-refractivity contribution in [1.29, 1.82) is 0 Å². The zero-order valence-corrected chi connectivity index (χ0v) is 16.2. The number of halogens is 1. The van der Waals surface area contributed by atoms with E-state index in [9.17, 15) is 0 Å². The molecule has 3 aromatic rings. The summed E-state index contributed by atoms with van der Waals surface area (Å²) in [6, 6.07) is 16.4. The van der Waals surface area contributed by atoms with E-state index in [-0.39, 0.29) is 0 Å². The zero-order valence-electron chi connectivity index (χ0n) is 14.7. The fraction of sp³-hybridized carbons (Fsp3) is 0.250. The number of aromatic nitrogens is 1. The Labute approximate surface area is 163 Å². The molecule has 0 amide bonds. The summed E-state index contributed by atoms with van der Waals surface area (Å²) in [6.45, 7) is 4.41. The maximum atomic E-state index is 5.93. The SMILES string of the molecule is CN1CCN(c2ccc(-c3csc(Nc4ccc(Cl)cc4)n3)cc2)CC1. The second-order valence-electron chi connectivity index (χ2n) is 6.51. The van der Waals surface area contributed by atoms with E-state index < -0.39 is 0 Å². The van der Waals surface area contributed by atoms with Gasteiger partial charge in [-0.3, -0.25) is 0 Å². The van der Waals surface area contributed by atoms with Crippen molar-refractivity contribution in [1.82, 2.24) is 9.88 Å². The van der Waals surface area contributed by atoms with Crippen LogP contribution < -0.4 is 10.2 Å². The van der Waals surface area contributed by atoms with E-state index in [1.165, 1.54) is 5.69 Å². The molecular weight excluding hydrogens is 364 g/mol. The van der Waals surface area contributed by atoms with E-state index >= 15 is 0 Å². The van der Waals surface area contributed by atoms with Gasteiger partial charge in [-0.25, -0.2) is 4.98 Å². The largest absolute Gasteiger partial charge is 0.369 e. The lowest BCUT2D eigenvalue weighted by atomic mass is 10.1. The van der Waals surface area contributed by atoms with Crippen LogP contribution in [0.3, 0.4) is 0 Å². The first-order chi connectivity index (χ1) is 12.7. The van der Waals surface area contributed by atoms with Crippen molar-refractivity contribution in [3.8, 4) is 11.3 Å². The molecule has 0 aliphatic carbocycles. The lowest BCUT2D eigenvalue weighted by Gasteiger charge is -2.34. The van der Waals surface area contributed by atoms with Crippen LogP contribution in [0, 0.1) is 0 Å². The Morgan fingerprint density at radius 2 is 1.65 bits per heavy atom. The lowest BCUT2D eigenvalue weighted by molar-refractivity contribution is 0.313. The minimum atomic E-state index is 0.732. The van der Waals surface area contributed by atoms with Crippen LogP contribution in [0.4, 0.5) is 16.5 Å². The van der Waals surface area contributed by atoms with Gasteiger partial charge >= 0.3 is 0 Å². The van der Waals surface area contributed by atoms with Gasteiger partial charge in [-0.05, 0) is 43.4 Å². The number of hydrogen-bond donors (Lipinski definition) is 1. The van der Waals surface area contributed by atoms with Gasteiger partial charge in [-0.1, -0.05) is 23.7 Å². The predicted octanol–water partition coefficient (Wildman–Crippen LogP) is 4.96. The van der Waals surface area contributed by atoms with Crippen LogP contribution in [0.5, 0.6) is 0 Å². The Kier molecular flexibility index (Phi) is 5.11. The highest BCUT2D eigenvalue weighted by Gasteiger charge is 2.14. The third-order valence-electron chi connectivity index (χ3n) is 4.63. The Morgan fingerprint density at radius 1 is 0.962 bits per heavy atom. The smallest absolute Gasteiger partial charge is 0.187 e. The molecule has 134 valence electrons. The molecule has 0 bridgehead atoms. The van der Waals surface area contributed by atoms with Crippen molar-refractivity contribution < 1.29 is 0 Å². The number of nitrogens with one attached hydrogen (secondary N) is 1. The minimum Gasteiger partial charge on any atom is -0.369 e. The zero-order chi connectivity index (χ0) is 17.9. The second-order valence-corrected chi connectivity index (χ2v) is 7.80. The highest BCUT2D eigenvalue weighted by Crippen LogP contribution is 2.29. The van der Waals surface area contributed by atoms with Crippen LogP contribution in [0.15, 0.2) is 53.9 Å². The third-order valence-corrected chi connectivity index (χ3v) is 5.64. The maximum Gasteiger partial charge on any atom is 0.187 e. The van der Waals surface area contributed by atoms with Gasteiger partial charge in [-0.2, -0.15) is 0 Å². The minimum absolute atomic E-state index is 0.732. The monoisotopic (exact) mass is 384 g/mol. The predicted molar refractivity (Wildman–Crippen MR) is 112 cm³/mol. The Morgan fingerprint density at radius 3 is 2.35 bits per heavy atom. The van der Waals surface area contributed by atoms with Crippen molar-refractivity contribution in [2.24, 2.45) is 0 Å². The van der Waals surface area contributed by atoms with Crippen LogP contribution in [0.1, 0.15) is 0 Å². The molecular formula is C20H21ClN4S. The van der Waals surface area contributed by atoms with Gasteiger partial charge in [-0.15, -0.1) is 11.3 Å². The fourth-order valence-electron chi connectivity index (χ4n) is 3.03. The highest BCUT2D eigenvalue weighted by atomic mass is 35.5. The Balaban J connectivity index is 1.44. The standard InChI is InChI=1S/C20H21ClN4S/c1-24-10-12-25(13-11-24)18-8-2-15(3-9-18)19-14-26-20(23-19)22-17-6-4-16(21)5-7-17/h2-9,14H,10-13H2,1H3,(H,22,23). The number of benzene rings is 2. The summed E-state index contributed by atoms with van der Waals surface area (Å²) in [4.78, 5) is 9.52. The second kappa shape index (κ2) is 7.66. The molecule has 0 unspecified atom stereocenters. The first kappa shape index (κ1) is 17.3. The molecule has 1 aliphatic heterocycles. The van der Waals surface area contributed by atoms with Crippen LogP contribution in [-0.2, 0) is 0 Å². The molecule has 0 radical (unpaired) electrons. The quantitative estimate of drug-likeness (QED) is 0.688. The van der Waals surface area contributed by atoms with E-state index in [0.717, 1.165) is 53.3 Å². The normalized spacial score (nSPS) is 15.2. The summed E-state index contributed by atoms with van der Waals surface area (Å²) in [5.74, 6) is 0. The summed E-state index contributed by atoms with van der Waals surface area (Å²) in [6.07, 6.45) is 0. The maximum absolute atomic E-state index is 5.93. The molecule has 6 heteroatoms. The molecule has 2 heterocycles. The fourth-order valence-corrected chi connectivity index (χ4v) is 3.89. The van der Waals surface area contributed by atoms with E-state index in [1.807, 2.05) is 24.3 Å². The number of rotatable bonds is 4. The average molecular weight is 385 g/mol. The highest BCUT2D eigenvalue weighted by molar-refractivity contribution is 7.14. The van der Waals surface area contributed by atoms with Gasteiger partial charge in [0.15, 0.2) is 5.13 Å². The molecule has 2 aromatic carbocycles. The molecule has 1 aliphatic rings. The van der Waals surface area contributed by atoms with Gasteiger partial charge in [0.25, 0.3) is 0 Å². The van der Waals surface area contributed by atoms with E-state index in [0.29, 0.717) is 0 Å². The molecule has 0 saturated carbocycles. The number of thiazole rings is 1. The van der Waals surface area contributed by atoms with E-state index in [4.69, 9.17) is 16.6 Å². The van der Waals surface area contributed by atoms with Gasteiger partial charge in [0.05, 0.1) is 5.69 Å². The van der Waals surface area contributed by atoms with E-state index in [2.05, 4.69) is 51.8 Å². The van der Waals surface area contributed by atoms with Crippen molar-refractivity contribution in [3.63, 3.8) is 0 Å². The molecule has 1 N–H and O–H groups in total. The lowest BCUT2D eigenvalue weighted by Crippen LogP contribution is -2.44. The number of hydrogen-bond acceptors (Lipinski definition) is 5. The summed E-state index contributed by atoms with van der Waals surface area (Å²) in [5, 5.41) is 7.02. The molecule has 0 spiro atoms. The summed E-state index contributed by atoms with van der Waals surface area (Å²) in [7, 11) is 2.18. The summed E-state index contributed by atoms with van der Waals surface area (Å²) in [5.41, 5.74) is 4.41. The van der Waals surface area contributed by atoms with Crippen LogP contribution in [0.25, 0.3) is 11.3 Å². The van der Waals surface area contributed by atoms with Crippen molar-refractivity contribution >= 4 is 39.4 Å². The van der Waals surface area contributed by atoms with Crippen molar-refractivity contribution in [2.45, 2.75) is 0 Å². The molecule has 4 rings (SSSR count).